The topological polar surface area (TPSA) is 27.3 Å². The second-order valence-electron chi connectivity index (χ2n) is 5.27. The van der Waals surface area contributed by atoms with Crippen LogP contribution in [0.5, 0.6) is 0 Å². The van der Waals surface area contributed by atoms with Crippen LogP contribution in [0, 0.1) is 0 Å². The first-order chi connectivity index (χ1) is 8.34. The molecule has 0 aliphatic heterocycles. The molecular weight excluding hydrogens is 210 g/mol. The standard InChI is InChI=1S/C14H31N3/c1-3-9-15-10-4-5-11-16-12-6-13-17(2)14-7-8-14/h14-16H,3-13H2,1-2H3. The van der Waals surface area contributed by atoms with E-state index in [0.29, 0.717) is 0 Å². The zero-order valence-electron chi connectivity index (χ0n) is 11.8. The lowest BCUT2D eigenvalue weighted by molar-refractivity contribution is 0.317. The maximum Gasteiger partial charge on any atom is 0.00933 e. The Balaban J connectivity index is 1.69. The Kier molecular flexibility index (Phi) is 8.67. The van der Waals surface area contributed by atoms with Gasteiger partial charge in [-0.05, 0) is 78.3 Å². The Labute approximate surface area is 107 Å². The van der Waals surface area contributed by atoms with E-state index in [1.54, 1.807) is 0 Å². The highest BCUT2D eigenvalue weighted by atomic mass is 15.1. The molecule has 0 aromatic heterocycles. The van der Waals surface area contributed by atoms with Gasteiger partial charge in [0.1, 0.15) is 0 Å². The lowest BCUT2D eigenvalue weighted by Crippen LogP contribution is -2.26. The monoisotopic (exact) mass is 241 g/mol. The average Bonchev–Trinajstić information content (AvgIpc) is 3.15. The van der Waals surface area contributed by atoms with Crippen molar-refractivity contribution in [2.75, 3.05) is 39.8 Å². The minimum absolute atomic E-state index is 0.916. The first-order valence-electron chi connectivity index (χ1n) is 7.46. The van der Waals surface area contributed by atoms with Crippen LogP contribution >= 0.6 is 0 Å². The summed E-state index contributed by atoms with van der Waals surface area (Å²) in [4.78, 5) is 2.51. The Morgan fingerprint density at radius 2 is 1.53 bits per heavy atom. The molecule has 1 aliphatic carbocycles. The fourth-order valence-corrected chi connectivity index (χ4v) is 2.08. The Hall–Kier alpha value is -0.120. The van der Waals surface area contributed by atoms with Crippen molar-refractivity contribution in [3.8, 4) is 0 Å². The first-order valence-corrected chi connectivity index (χ1v) is 7.46. The molecule has 102 valence electrons. The summed E-state index contributed by atoms with van der Waals surface area (Å²) in [7, 11) is 2.26. The number of nitrogens with one attached hydrogen (secondary N) is 2. The summed E-state index contributed by atoms with van der Waals surface area (Å²) in [6, 6.07) is 0.916. The minimum atomic E-state index is 0.916. The van der Waals surface area contributed by atoms with Crippen molar-refractivity contribution < 1.29 is 0 Å². The highest BCUT2D eigenvalue weighted by Gasteiger charge is 2.25. The SMILES string of the molecule is CCCNCCCCNCCCN(C)C1CC1. The Morgan fingerprint density at radius 3 is 2.12 bits per heavy atom. The smallest absolute Gasteiger partial charge is 0.00933 e. The van der Waals surface area contributed by atoms with E-state index >= 15 is 0 Å². The van der Waals surface area contributed by atoms with E-state index in [4.69, 9.17) is 0 Å². The van der Waals surface area contributed by atoms with Crippen LogP contribution < -0.4 is 10.6 Å². The normalized spacial score (nSPS) is 15.7. The Morgan fingerprint density at radius 1 is 0.941 bits per heavy atom. The van der Waals surface area contributed by atoms with Gasteiger partial charge in [0.05, 0.1) is 0 Å². The molecule has 1 fully saturated rings. The van der Waals surface area contributed by atoms with Crippen molar-refractivity contribution in [1.82, 2.24) is 15.5 Å². The summed E-state index contributed by atoms with van der Waals surface area (Å²) in [5.41, 5.74) is 0. The Bertz CT molecular complexity index is 169. The molecule has 0 saturated heterocycles. The van der Waals surface area contributed by atoms with E-state index < -0.39 is 0 Å². The maximum absolute atomic E-state index is 3.54. The summed E-state index contributed by atoms with van der Waals surface area (Å²) in [6.07, 6.45) is 7.99. The third-order valence-electron chi connectivity index (χ3n) is 3.42. The largest absolute Gasteiger partial charge is 0.317 e. The molecule has 0 bridgehead atoms. The summed E-state index contributed by atoms with van der Waals surface area (Å²) in [5, 5.41) is 6.97. The van der Waals surface area contributed by atoms with Gasteiger partial charge in [-0.25, -0.2) is 0 Å². The molecule has 0 heterocycles. The van der Waals surface area contributed by atoms with Gasteiger partial charge < -0.3 is 15.5 Å². The molecule has 0 atom stereocenters. The van der Waals surface area contributed by atoms with Gasteiger partial charge in [0.15, 0.2) is 0 Å². The highest BCUT2D eigenvalue weighted by Crippen LogP contribution is 2.24. The number of unbranched alkanes of at least 4 members (excludes halogenated alkanes) is 1. The summed E-state index contributed by atoms with van der Waals surface area (Å²) < 4.78 is 0. The molecule has 1 saturated carbocycles. The fourth-order valence-electron chi connectivity index (χ4n) is 2.08. The number of rotatable bonds is 12. The van der Waals surface area contributed by atoms with Crippen molar-refractivity contribution in [3.63, 3.8) is 0 Å². The van der Waals surface area contributed by atoms with Crippen LogP contribution in [-0.2, 0) is 0 Å². The quantitative estimate of drug-likeness (QED) is 0.511. The van der Waals surface area contributed by atoms with Gasteiger partial charge in [0, 0.05) is 6.04 Å². The van der Waals surface area contributed by atoms with Crippen molar-refractivity contribution in [1.29, 1.82) is 0 Å². The van der Waals surface area contributed by atoms with Gasteiger partial charge in [0.25, 0.3) is 0 Å². The second-order valence-corrected chi connectivity index (χ2v) is 5.27. The number of hydrogen-bond acceptors (Lipinski definition) is 3. The van der Waals surface area contributed by atoms with Crippen LogP contribution in [0.3, 0.4) is 0 Å². The van der Waals surface area contributed by atoms with Crippen molar-refractivity contribution in [2.24, 2.45) is 0 Å². The number of hydrogen-bond donors (Lipinski definition) is 2. The van der Waals surface area contributed by atoms with Gasteiger partial charge in [0.2, 0.25) is 0 Å². The van der Waals surface area contributed by atoms with E-state index in [1.807, 2.05) is 0 Å². The molecule has 0 aromatic rings. The highest BCUT2D eigenvalue weighted by molar-refractivity contribution is 4.82. The summed E-state index contributed by atoms with van der Waals surface area (Å²) >= 11 is 0. The van der Waals surface area contributed by atoms with E-state index in [-0.39, 0.29) is 0 Å². The predicted molar refractivity (Wildman–Crippen MR) is 75.5 cm³/mol. The van der Waals surface area contributed by atoms with Crippen LogP contribution in [0.25, 0.3) is 0 Å². The first kappa shape index (κ1) is 14.9. The van der Waals surface area contributed by atoms with Crippen LogP contribution in [-0.4, -0.2) is 50.7 Å². The van der Waals surface area contributed by atoms with Crippen LogP contribution in [0.4, 0.5) is 0 Å². The van der Waals surface area contributed by atoms with Gasteiger partial charge >= 0.3 is 0 Å². The lowest BCUT2D eigenvalue weighted by Gasteiger charge is -2.15. The maximum atomic E-state index is 3.54. The molecule has 3 nitrogen and oxygen atoms in total. The van der Waals surface area contributed by atoms with Crippen molar-refractivity contribution >= 4 is 0 Å². The predicted octanol–water partition coefficient (Wildman–Crippen LogP) is 1.84. The molecule has 1 aliphatic rings. The van der Waals surface area contributed by atoms with Crippen molar-refractivity contribution in [3.05, 3.63) is 0 Å². The molecule has 0 unspecified atom stereocenters. The minimum Gasteiger partial charge on any atom is -0.317 e. The van der Waals surface area contributed by atoms with E-state index in [0.717, 1.165) is 6.04 Å². The van der Waals surface area contributed by atoms with Crippen molar-refractivity contribution in [2.45, 2.75) is 51.5 Å². The zero-order valence-corrected chi connectivity index (χ0v) is 11.8. The van der Waals surface area contributed by atoms with E-state index in [2.05, 4.69) is 29.5 Å². The van der Waals surface area contributed by atoms with Crippen LogP contribution in [0.15, 0.2) is 0 Å². The lowest BCUT2D eigenvalue weighted by atomic mass is 10.3. The molecule has 0 aromatic carbocycles. The van der Waals surface area contributed by atoms with E-state index in [9.17, 15) is 0 Å². The summed E-state index contributed by atoms with van der Waals surface area (Å²) in [5.74, 6) is 0. The van der Waals surface area contributed by atoms with Crippen LogP contribution in [0.2, 0.25) is 0 Å². The molecule has 17 heavy (non-hydrogen) atoms. The average molecular weight is 241 g/mol. The number of nitrogens with zero attached hydrogens (tertiary/aromatic N) is 1. The van der Waals surface area contributed by atoms with Gasteiger partial charge in [-0.1, -0.05) is 6.92 Å². The summed E-state index contributed by atoms with van der Waals surface area (Å²) in [6.45, 7) is 8.18. The molecule has 0 amide bonds. The van der Waals surface area contributed by atoms with Gasteiger partial charge in [-0.15, -0.1) is 0 Å². The van der Waals surface area contributed by atoms with E-state index in [1.165, 1.54) is 71.2 Å². The third-order valence-corrected chi connectivity index (χ3v) is 3.42. The molecule has 2 N–H and O–H groups in total. The molecule has 3 heteroatoms. The molecule has 0 spiro atoms. The third kappa shape index (κ3) is 8.58. The molecule has 1 rings (SSSR count). The van der Waals surface area contributed by atoms with Gasteiger partial charge in [-0.2, -0.15) is 0 Å². The zero-order chi connectivity index (χ0) is 12.3. The van der Waals surface area contributed by atoms with Gasteiger partial charge in [-0.3, -0.25) is 0 Å². The molecule has 0 radical (unpaired) electrons. The second kappa shape index (κ2) is 9.86. The van der Waals surface area contributed by atoms with Crippen LogP contribution in [0.1, 0.15) is 45.4 Å². The molecular formula is C14H31N3. The fraction of sp³-hybridized carbons (Fsp3) is 1.00.